The highest BCUT2D eigenvalue weighted by molar-refractivity contribution is 4.86. The highest BCUT2D eigenvalue weighted by Gasteiger charge is 2.31. The summed E-state index contributed by atoms with van der Waals surface area (Å²) in [7, 11) is 1.77. The van der Waals surface area contributed by atoms with Gasteiger partial charge in [0.15, 0.2) is 0 Å². The van der Waals surface area contributed by atoms with Gasteiger partial charge in [-0.15, -0.1) is 0 Å². The molecule has 1 aliphatic heterocycles. The van der Waals surface area contributed by atoms with Crippen molar-refractivity contribution in [3.8, 4) is 0 Å². The van der Waals surface area contributed by atoms with Gasteiger partial charge >= 0.3 is 0 Å². The quantitative estimate of drug-likeness (QED) is 0.704. The van der Waals surface area contributed by atoms with Crippen LogP contribution in [-0.2, 0) is 4.74 Å². The zero-order valence-electron chi connectivity index (χ0n) is 12.2. The molecule has 106 valence electrons. The van der Waals surface area contributed by atoms with Crippen molar-refractivity contribution < 1.29 is 4.74 Å². The molecule has 2 aliphatic rings. The van der Waals surface area contributed by atoms with Crippen LogP contribution in [-0.4, -0.2) is 50.8 Å². The molecule has 2 rings (SSSR count). The van der Waals surface area contributed by atoms with Gasteiger partial charge in [0.05, 0.1) is 0 Å². The molecular formula is C15H30N2O. The van der Waals surface area contributed by atoms with Gasteiger partial charge in [-0.3, -0.25) is 4.90 Å². The van der Waals surface area contributed by atoms with Crippen LogP contribution in [0.1, 0.15) is 39.0 Å². The van der Waals surface area contributed by atoms with E-state index in [1.807, 2.05) is 0 Å². The van der Waals surface area contributed by atoms with Gasteiger partial charge in [-0.2, -0.15) is 0 Å². The summed E-state index contributed by atoms with van der Waals surface area (Å²) in [6.07, 6.45) is 7.05. The Kier molecular flexibility index (Phi) is 5.93. The highest BCUT2D eigenvalue weighted by Crippen LogP contribution is 2.34. The number of nitrogens with zero attached hydrogens (tertiary/aromatic N) is 1. The maximum atomic E-state index is 5.07. The second-order valence-electron chi connectivity index (χ2n) is 6.25. The van der Waals surface area contributed by atoms with Crippen molar-refractivity contribution in [2.45, 2.75) is 45.1 Å². The van der Waals surface area contributed by atoms with E-state index in [4.69, 9.17) is 4.74 Å². The fourth-order valence-electron chi connectivity index (χ4n) is 3.61. The summed E-state index contributed by atoms with van der Waals surface area (Å²) in [6.45, 7) is 8.15. The molecule has 0 spiro atoms. The average Bonchev–Trinajstić information content (AvgIpc) is 2.38. The third-order valence-corrected chi connectivity index (χ3v) is 4.64. The maximum Gasteiger partial charge on any atom is 0.0474 e. The first-order chi connectivity index (χ1) is 8.79. The number of methoxy groups -OCH3 is 1. The summed E-state index contributed by atoms with van der Waals surface area (Å²) in [6, 6.07) is 0.691. The van der Waals surface area contributed by atoms with Crippen molar-refractivity contribution in [1.29, 1.82) is 0 Å². The number of hydrogen-bond acceptors (Lipinski definition) is 3. The first kappa shape index (κ1) is 14.3. The monoisotopic (exact) mass is 254 g/mol. The van der Waals surface area contributed by atoms with E-state index in [1.54, 1.807) is 7.11 Å². The van der Waals surface area contributed by atoms with E-state index >= 15 is 0 Å². The van der Waals surface area contributed by atoms with Crippen molar-refractivity contribution in [2.75, 3.05) is 39.9 Å². The minimum atomic E-state index is 0.691. The summed E-state index contributed by atoms with van der Waals surface area (Å²) in [5.74, 6) is 1.99. The van der Waals surface area contributed by atoms with Crippen molar-refractivity contribution in [3.63, 3.8) is 0 Å². The molecule has 2 bridgehead atoms. The Bertz CT molecular complexity index is 223. The molecule has 1 saturated heterocycles. The number of hydrogen-bond donors (Lipinski definition) is 1. The number of nitrogens with one attached hydrogen (secondary N) is 1. The van der Waals surface area contributed by atoms with Gasteiger partial charge in [-0.25, -0.2) is 0 Å². The molecule has 3 atom stereocenters. The molecule has 1 aliphatic carbocycles. The van der Waals surface area contributed by atoms with E-state index in [-0.39, 0.29) is 0 Å². The van der Waals surface area contributed by atoms with Crippen LogP contribution in [0.15, 0.2) is 0 Å². The third-order valence-electron chi connectivity index (χ3n) is 4.64. The maximum absolute atomic E-state index is 5.07. The van der Waals surface area contributed by atoms with Crippen LogP contribution in [0.4, 0.5) is 0 Å². The minimum absolute atomic E-state index is 0.691. The number of likely N-dealkylation sites (tertiary alicyclic amines) is 1. The van der Waals surface area contributed by atoms with Gasteiger partial charge in [0.1, 0.15) is 0 Å². The predicted molar refractivity (Wildman–Crippen MR) is 75.8 cm³/mol. The van der Waals surface area contributed by atoms with Crippen LogP contribution >= 0.6 is 0 Å². The number of rotatable bonds is 7. The van der Waals surface area contributed by atoms with Crippen molar-refractivity contribution >= 4 is 0 Å². The molecule has 1 heterocycles. The van der Waals surface area contributed by atoms with Crippen molar-refractivity contribution in [2.24, 2.45) is 11.8 Å². The minimum Gasteiger partial charge on any atom is -0.385 e. The molecule has 18 heavy (non-hydrogen) atoms. The number of ether oxygens (including phenoxy) is 1. The lowest BCUT2D eigenvalue weighted by Crippen LogP contribution is -2.49. The summed E-state index contributed by atoms with van der Waals surface area (Å²) in [5, 5.41) is 3.56. The van der Waals surface area contributed by atoms with Crippen molar-refractivity contribution in [1.82, 2.24) is 10.2 Å². The molecule has 3 nitrogen and oxygen atoms in total. The molecule has 0 aromatic rings. The Hall–Kier alpha value is -0.120. The van der Waals surface area contributed by atoms with Crippen LogP contribution in [0.25, 0.3) is 0 Å². The normalized spacial score (nSPS) is 30.3. The van der Waals surface area contributed by atoms with Gasteiger partial charge in [0, 0.05) is 39.4 Å². The van der Waals surface area contributed by atoms with E-state index < -0.39 is 0 Å². The lowest BCUT2D eigenvalue weighted by molar-refractivity contribution is 0.0583. The summed E-state index contributed by atoms with van der Waals surface area (Å²) in [4.78, 5) is 2.72. The predicted octanol–water partition coefficient (Wildman–Crippen LogP) is 2.12. The number of fused-ring (bicyclic) bond motifs is 2. The van der Waals surface area contributed by atoms with Crippen LogP contribution in [0.2, 0.25) is 0 Å². The molecular weight excluding hydrogens is 224 g/mol. The zero-order valence-corrected chi connectivity index (χ0v) is 12.2. The largest absolute Gasteiger partial charge is 0.385 e. The fraction of sp³-hybridized carbons (Fsp3) is 1.00. The smallest absolute Gasteiger partial charge is 0.0474 e. The Morgan fingerprint density at radius 3 is 2.67 bits per heavy atom. The second-order valence-corrected chi connectivity index (χ2v) is 6.25. The first-order valence-electron chi connectivity index (χ1n) is 7.73. The summed E-state index contributed by atoms with van der Waals surface area (Å²) < 4.78 is 5.07. The van der Waals surface area contributed by atoms with E-state index in [0.29, 0.717) is 6.04 Å². The van der Waals surface area contributed by atoms with Gasteiger partial charge in [-0.05, 0) is 51.0 Å². The molecule has 3 unspecified atom stereocenters. The van der Waals surface area contributed by atoms with E-state index in [0.717, 1.165) is 38.0 Å². The van der Waals surface area contributed by atoms with Gasteiger partial charge < -0.3 is 10.1 Å². The van der Waals surface area contributed by atoms with Crippen LogP contribution in [0.3, 0.4) is 0 Å². The molecule has 0 radical (unpaired) electrons. The highest BCUT2D eigenvalue weighted by atomic mass is 16.5. The molecule has 3 heteroatoms. The van der Waals surface area contributed by atoms with Gasteiger partial charge in [0.25, 0.3) is 0 Å². The van der Waals surface area contributed by atoms with Gasteiger partial charge in [0.2, 0.25) is 0 Å². The SMILES string of the molecule is COCCCNCC(C)N1CC2CCCC(C2)C1. The van der Waals surface area contributed by atoms with Crippen LogP contribution in [0, 0.1) is 11.8 Å². The Balaban J connectivity index is 1.64. The average molecular weight is 254 g/mol. The molecule has 1 saturated carbocycles. The van der Waals surface area contributed by atoms with E-state index in [9.17, 15) is 0 Å². The summed E-state index contributed by atoms with van der Waals surface area (Å²) in [5.41, 5.74) is 0. The standard InChI is InChI=1S/C15H30N2O/c1-13(10-16-7-4-8-18-2)17-11-14-5-3-6-15(9-14)12-17/h13-16H,3-12H2,1-2H3. The van der Waals surface area contributed by atoms with E-state index in [1.165, 1.54) is 38.8 Å². The van der Waals surface area contributed by atoms with Crippen molar-refractivity contribution in [3.05, 3.63) is 0 Å². The Morgan fingerprint density at radius 1 is 1.28 bits per heavy atom. The lowest BCUT2D eigenvalue weighted by Gasteiger charge is -2.44. The lowest BCUT2D eigenvalue weighted by atomic mass is 9.77. The topological polar surface area (TPSA) is 24.5 Å². The van der Waals surface area contributed by atoms with E-state index in [2.05, 4.69) is 17.1 Å². The zero-order chi connectivity index (χ0) is 12.8. The molecule has 0 amide bonds. The number of piperidine rings is 1. The van der Waals surface area contributed by atoms with Crippen LogP contribution in [0.5, 0.6) is 0 Å². The summed E-state index contributed by atoms with van der Waals surface area (Å²) >= 11 is 0. The molecule has 0 aromatic carbocycles. The Morgan fingerprint density at radius 2 is 2.00 bits per heavy atom. The molecule has 2 fully saturated rings. The molecule has 1 N–H and O–H groups in total. The fourth-order valence-corrected chi connectivity index (χ4v) is 3.61. The second kappa shape index (κ2) is 7.46. The first-order valence-corrected chi connectivity index (χ1v) is 7.73. The van der Waals surface area contributed by atoms with Gasteiger partial charge in [-0.1, -0.05) is 6.42 Å². The third kappa shape index (κ3) is 4.22. The Labute approximate surface area is 112 Å². The molecule has 0 aromatic heterocycles. The van der Waals surface area contributed by atoms with Crippen LogP contribution < -0.4 is 5.32 Å².